The lowest BCUT2D eigenvalue weighted by molar-refractivity contribution is 0.243. The predicted octanol–water partition coefficient (Wildman–Crippen LogP) is 4.12. The average molecular weight is 432 g/mol. The van der Waals surface area contributed by atoms with Crippen LogP contribution in [0.25, 0.3) is 0 Å². The Hall–Kier alpha value is -2.99. The molecule has 1 fully saturated rings. The van der Waals surface area contributed by atoms with Crippen LogP contribution in [0.15, 0.2) is 48.7 Å². The van der Waals surface area contributed by atoms with Crippen LogP contribution in [0.1, 0.15) is 27.9 Å². The summed E-state index contributed by atoms with van der Waals surface area (Å²) in [5.74, 6) is 0.646. The summed E-state index contributed by atoms with van der Waals surface area (Å²) >= 11 is 0. The molecule has 1 aromatic heterocycles. The summed E-state index contributed by atoms with van der Waals surface area (Å²) in [6, 6.07) is 13.5. The Balaban J connectivity index is 1.21. The lowest BCUT2D eigenvalue weighted by Gasteiger charge is -2.36. The van der Waals surface area contributed by atoms with Gasteiger partial charge in [0.1, 0.15) is 5.82 Å². The fourth-order valence-corrected chi connectivity index (χ4v) is 4.63. The number of anilines is 2. The van der Waals surface area contributed by atoms with E-state index in [0.717, 1.165) is 63.9 Å². The van der Waals surface area contributed by atoms with E-state index in [1.165, 1.54) is 40.1 Å². The van der Waals surface area contributed by atoms with Gasteiger partial charge in [-0.25, -0.2) is 14.4 Å². The van der Waals surface area contributed by atoms with Gasteiger partial charge in [0.05, 0.1) is 5.69 Å². The third-order valence-electron chi connectivity index (χ3n) is 6.73. The van der Waals surface area contributed by atoms with Crippen molar-refractivity contribution >= 4 is 11.6 Å². The fraction of sp³-hybridized carbons (Fsp3) is 0.385. The molecule has 0 amide bonds. The number of nitrogens with zero attached hydrogens (tertiary/aromatic N) is 5. The number of fused-ring (bicyclic) bond motifs is 1. The van der Waals surface area contributed by atoms with Crippen LogP contribution in [0, 0.1) is 19.7 Å². The molecule has 2 aliphatic rings. The molecule has 0 unspecified atom stereocenters. The molecule has 5 rings (SSSR count). The molecule has 0 atom stereocenters. The normalized spacial score (nSPS) is 16.8. The van der Waals surface area contributed by atoms with E-state index in [9.17, 15) is 4.39 Å². The van der Waals surface area contributed by atoms with E-state index in [2.05, 4.69) is 46.7 Å². The molecule has 0 bridgehead atoms. The van der Waals surface area contributed by atoms with Gasteiger partial charge in [0.25, 0.3) is 0 Å². The quantitative estimate of drug-likeness (QED) is 0.621. The molecule has 3 heterocycles. The molecule has 32 heavy (non-hydrogen) atoms. The Kier molecular flexibility index (Phi) is 5.79. The second-order valence-electron chi connectivity index (χ2n) is 8.97. The van der Waals surface area contributed by atoms with Crippen LogP contribution < -0.4 is 9.80 Å². The molecule has 5 nitrogen and oxygen atoms in total. The van der Waals surface area contributed by atoms with Crippen LogP contribution in [0.5, 0.6) is 0 Å². The molecule has 0 N–H and O–H groups in total. The monoisotopic (exact) mass is 431 g/mol. The first-order chi connectivity index (χ1) is 15.5. The molecule has 0 spiro atoms. The van der Waals surface area contributed by atoms with Gasteiger partial charge in [-0.3, -0.25) is 4.90 Å². The number of halogens is 1. The maximum Gasteiger partial charge on any atom is 0.225 e. The summed E-state index contributed by atoms with van der Waals surface area (Å²) in [4.78, 5) is 16.7. The Bertz CT molecular complexity index is 1090. The predicted molar refractivity (Wildman–Crippen MR) is 127 cm³/mol. The zero-order valence-electron chi connectivity index (χ0n) is 18.9. The van der Waals surface area contributed by atoms with Crippen molar-refractivity contribution in [1.29, 1.82) is 0 Å². The maximum absolute atomic E-state index is 13.2. The average Bonchev–Trinajstić information content (AvgIpc) is 2.82. The number of hydrogen-bond acceptors (Lipinski definition) is 5. The van der Waals surface area contributed by atoms with Crippen LogP contribution >= 0.6 is 0 Å². The molecule has 0 radical (unpaired) electrons. The standard InChI is InChI=1S/C26H30FN5/c1-19-3-4-21(15-20(19)2)17-30-10-9-25-22(18-30)16-28-26(29-25)32-13-11-31(12-14-32)24-7-5-23(27)6-8-24/h3-8,15-16H,9-14,17-18H2,1-2H3. The molecule has 2 aromatic carbocycles. The van der Waals surface area contributed by atoms with Crippen LogP contribution in [-0.4, -0.2) is 47.6 Å². The first-order valence-electron chi connectivity index (χ1n) is 11.4. The van der Waals surface area contributed by atoms with Gasteiger partial charge in [-0.05, 0) is 54.8 Å². The van der Waals surface area contributed by atoms with Gasteiger partial charge >= 0.3 is 0 Å². The third kappa shape index (κ3) is 4.46. The SMILES string of the molecule is Cc1ccc(CN2CCc3nc(N4CCN(c5ccc(F)cc5)CC4)ncc3C2)cc1C. The smallest absolute Gasteiger partial charge is 0.225 e. The van der Waals surface area contributed by atoms with Crippen molar-refractivity contribution in [2.24, 2.45) is 0 Å². The van der Waals surface area contributed by atoms with Crippen LogP contribution in [0.3, 0.4) is 0 Å². The van der Waals surface area contributed by atoms with E-state index in [-0.39, 0.29) is 5.82 Å². The topological polar surface area (TPSA) is 35.5 Å². The second-order valence-corrected chi connectivity index (χ2v) is 8.97. The summed E-state index contributed by atoms with van der Waals surface area (Å²) < 4.78 is 13.2. The summed E-state index contributed by atoms with van der Waals surface area (Å²) in [6.45, 7) is 10.7. The van der Waals surface area contributed by atoms with E-state index in [0.29, 0.717) is 0 Å². The van der Waals surface area contributed by atoms with Crippen molar-refractivity contribution < 1.29 is 4.39 Å². The number of hydrogen-bond donors (Lipinski definition) is 0. The summed E-state index contributed by atoms with van der Waals surface area (Å²) in [5.41, 5.74) is 7.57. The Morgan fingerprint density at radius 2 is 1.62 bits per heavy atom. The number of piperazine rings is 1. The molecule has 0 saturated carbocycles. The Morgan fingerprint density at radius 3 is 2.38 bits per heavy atom. The Morgan fingerprint density at radius 1 is 0.875 bits per heavy atom. The minimum atomic E-state index is -0.192. The van der Waals surface area contributed by atoms with Crippen molar-refractivity contribution in [2.45, 2.75) is 33.4 Å². The fourth-order valence-electron chi connectivity index (χ4n) is 4.63. The zero-order valence-corrected chi connectivity index (χ0v) is 18.9. The van der Waals surface area contributed by atoms with Crippen LogP contribution in [0.4, 0.5) is 16.0 Å². The number of rotatable bonds is 4. The minimum Gasteiger partial charge on any atom is -0.368 e. The lowest BCUT2D eigenvalue weighted by Crippen LogP contribution is -2.47. The zero-order chi connectivity index (χ0) is 22.1. The first kappa shape index (κ1) is 20.9. The molecule has 2 aliphatic heterocycles. The third-order valence-corrected chi connectivity index (χ3v) is 6.73. The molecule has 0 aliphatic carbocycles. The number of benzene rings is 2. The van der Waals surface area contributed by atoms with Crippen LogP contribution in [-0.2, 0) is 19.5 Å². The van der Waals surface area contributed by atoms with Crippen LogP contribution in [0.2, 0.25) is 0 Å². The van der Waals surface area contributed by atoms with Gasteiger partial charge in [-0.15, -0.1) is 0 Å². The molecule has 6 heteroatoms. The highest BCUT2D eigenvalue weighted by Gasteiger charge is 2.23. The number of aromatic nitrogens is 2. The minimum absolute atomic E-state index is 0.192. The highest BCUT2D eigenvalue weighted by molar-refractivity contribution is 5.48. The van der Waals surface area contributed by atoms with Crippen molar-refractivity contribution in [2.75, 3.05) is 42.5 Å². The number of aryl methyl sites for hydroxylation is 2. The van der Waals surface area contributed by atoms with E-state index in [1.54, 1.807) is 0 Å². The van der Waals surface area contributed by atoms with Crippen molar-refractivity contribution in [1.82, 2.24) is 14.9 Å². The van der Waals surface area contributed by atoms with E-state index in [4.69, 9.17) is 9.97 Å². The lowest BCUT2D eigenvalue weighted by atomic mass is 10.0. The Labute approximate surface area is 189 Å². The van der Waals surface area contributed by atoms with Crippen molar-refractivity contribution in [3.8, 4) is 0 Å². The molecule has 1 saturated heterocycles. The summed E-state index contributed by atoms with van der Waals surface area (Å²) in [5, 5.41) is 0. The highest BCUT2D eigenvalue weighted by Crippen LogP contribution is 2.23. The van der Waals surface area contributed by atoms with Gasteiger partial charge in [0.2, 0.25) is 5.95 Å². The van der Waals surface area contributed by atoms with Gasteiger partial charge in [-0.1, -0.05) is 18.2 Å². The maximum atomic E-state index is 13.2. The van der Waals surface area contributed by atoms with Crippen molar-refractivity contribution in [3.05, 3.63) is 82.4 Å². The first-order valence-corrected chi connectivity index (χ1v) is 11.4. The highest BCUT2D eigenvalue weighted by atomic mass is 19.1. The van der Waals surface area contributed by atoms with E-state index >= 15 is 0 Å². The summed E-state index contributed by atoms with van der Waals surface area (Å²) in [7, 11) is 0. The molecular formula is C26H30FN5. The van der Waals surface area contributed by atoms with E-state index < -0.39 is 0 Å². The van der Waals surface area contributed by atoms with Crippen molar-refractivity contribution in [3.63, 3.8) is 0 Å². The largest absolute Gasteiger partial charge is 0.368 e. The van der Waals surface area contributed by atoms with Gasteiger partial charge < -0.3 is 9.80 Å². The van der Waals surface area contributed by atoms with Gasteiger partial charge in [-0.2, -0.15) is 0 Å². The summed E-state index contributed by atoms with van der Waals surface area (Å²) in [6.07, 6.45) is 2.99. The molecule has 166 valence electrons. The molecular weight excluding hydrogens is 401 g/mol. The second kappa shape index (κ2) is 8.87. The molecule has 3 aromatic rings. The van der Waals surface area contributed by atoms with Gasteiger partial charge in [0.15, 0.2) is 0 Å². The van der Waals surface area contributed by atoms with E-state index in [1.807, 2.05) is 18.3 Å². The van der Waals surface area contributed by atoms with Gasteiger partial charge in [0, 0.05) is 69.7 Å².